The molecule has 1 N–H and O–H groups in total. The van der Waals surface area contributed by atoms with E-state index in [0.717, 1.165) is 6.20 Å². The molecule has 1 amide bonds. The van der Waals surface area contributed by atoms with Gasteiger partial charge in [0.1, 0.15) is 11.6 Å². The van der Waals surface area contributed by atoms with Crippen LogP contribution in [0.2, 0.25) is 0 Å². The molecule has 1 fully saturated rings. The minimum absolute atomic E-state index is 0.102. The van der Waals surface area contributed by atoms with Gasteiger partial charge in [-0.3, -0.25) is 4.79 Å². The van der Waals surface area contributed by atoms with E-state index in [-0.39, 0.29) is 16.8 Å². The molecule has 3 aromatic rings. The summed E-state index contributed by atoms with van der Waals surface area (Å²) in [5, 5.41) is 17.0. The molecule has 1 unspecified atom stereocenters. The molecule has 3 heterocycles. The molecule has 10 heteroatoms. The Bertz CT molecular complexity index is 1070. The lowest BCUT2D eigenvalue weighted by atomic mass is 9.74. The zero-order valence-corrected chi connectivity index (χ0v) is 15.2. The first kappa shape index (κ1) is 17.8. The van der Waals surface area contributed by atoms with Crippen LogP contribution in [0.4, 0.5) is 10.2 Å². The van der Waals surface area contributed by atoms with Crippen LogP contribution in [-0.2, 0) is 0 Å². The van der Waals surface area contributed by atoms with Crippen LogP contribution in [0.5, 0.6) is 0 Å². The Balaban J connectivity index is 1.73. The fourth-order valence-corrected chi connectivity index (χ4v) is 3.70. The molecule has 0 radical (unpaired) electrons. The molecule has 0 spiro atoms. The monoisotopic (exact) mass is 384 g/mol. The summed E-state index contributed by atoms with van der Waals surface area (Å²) < 4.78 is 15.4. The van der Waals surface area contributed by atoms with Gasteiger partial charge >= 0.3 is 5.82 Å². The van der Waals surface area contributed by atoms with Gasteiger partial charge in [-0.2, -0.15) is 0 Å². The van der Waals surface area contributed by atoms with Gasteiger partial charge in [0.25, 0.3) is 5.91 Å². The molecule has 1 atom stereocenters. The number of nitrogens with one attached hydrogen (secondary N) is 1. The number of halogens is 1. The number of aromatic amines is 1. The first-order valence-electron chi connectivity index (χ1n) is 8.57. The molecule has 2 aromatic heterocycles. The van der Waals surface area contributed by atoms with Crippen molar-refractivity contribution in [3.8, 4) is 5.69 Å². The van der Waals surface area contributed by atoms with Gasteiger partial charge in [0.05, 0.1) is 12.2 Å². The Kier molecular flexibility index (Phi) is 3.98. The summed E-state index contributed by atoms with van der Waals surface area (Å²) in [7, 11) is 0. The van der Waals surface area contributed by atoms with E-state index < -0.39 is 22.7 Å². The predicted octanol–water partition coefficient (Wildman–Crippen LogP) is 2.87. The molecular weight excluding hydrogens is 367 g/mol. The van der Waals surface area contributed by atoms with Crippen LogP contribution in [0.3, 0.4) is 0 Å². The van der Waals surface area contributed by atoms with Crippen LogP contribution in [0, 0.1) is 21.3 Å². The standard InChI is InChI=1S/C18H17FN6O3/c1-18(2)10-24(17(26)13-9-21-22-15(13)25(27)28)14(18)16-20-6-7-23(16)12-5-3-4-11(19)8-12/h3-9,14H,10H2,1-2H3,(H,21,22). The Morgan fingerprint density at radius 3 is 2.89 bits per heavy atom. The number of benzene rings is 1. The number of nitrogens with zero attached hydrogens (tertiary/aromatic N) is 5. The van der Waals surface area contributed by atoms with Crippen molar-refractivity contribution in [1.82, 2.24) is 24.6 Å². The minimum atomic E-state index is -0.673. The van der Waals surface area contributed by atoms with E-state index in [1.165, 1.54) is 17.0 Å². The second-order valence-electron chi connectivity index (χ2n) is 7.35. The van der Waals surface area contributed by atoms with E-state index in [0.29, 0.717) is 18.1 Å². The molecule has 1 aliphatic rings. The molecule has 1 aromatic carbocycles. The van der Waals surface area contributed by atoms with Crippen molar-refractivity contribution in [1.29, 1.82) is 0 Å². The van der Waals surface area contributed by atoms with Gasteiger partial charge in [-0.15, -0.1) is 5.10 Å². The van der Waals surface area contributed by atoms with E-state index in [2.05, 4.69) is 15.2 Å². The maximum atomic E-state index is 13.7. The van der Waals surface area contributed by atoms with Crippen molar-refractivity contribution in [3.63, 3.8) is 0 Å². The van der Waals surface area contributed by atoms with Crippen molar-refractivity contribution in [2.45, 2.75) is 19.9 Å². The van der Waals surface area contributed by atoms with E-state index in [1.807, 2.05) is 13.8 Å². The van der Waals surface area contributed by atoms with E-state index in [9.17, 15) is 19.3 Å². The number of carbonyl (C=O) groups excluding carboxylic acids is 1. The number of hydrogen-bond donors (Lipinski definition) is 1. The summed E-state index contributed by atoms with van der Waals surface area (Å²) in [6.07, 6.45) is 4.43. The van der Waals surface area contributed by atoms with Gasteiger partial charge < -0.3 is 19.6 Å². The number of rotatable bonds is 4. The molecule has 0 bridgehead atoms. The van der Waals surface area contributed by atoms with Crippen LogP contribution in [0.15, 0.2) is 42.9 Å². The number of hydrogen-bond acceptors (Lipinski definition) is 5. The molecule has 0 aliphatic carbocycles. The third-order valence-corrected chi connectivity index (χ3v) is 4.92. The molecule has 1 saturated heterocycles. The molecule has 1 aliphatic heterocycles. The third-order valence-electron chi connectivity index (χ3n) is 4.92. The predicted molar refractivity (Wildman–Crippen MR) is 96.3 cm³/mol. The van der Waals surface area contributed by atoms with Crippen LogP contribution in [-0.4, -0.2) is 42.0 Å². The normalized spacial score (nSPS) is 18.0. The molecular formula is C18H17FN6O3. The van der Waals surface area contributed by atoms with E-state index >= 15 is 0 Å². The van der Waals surface area contributed by atoms with Gasteiger partial charge in [0.15, 0.2) is 5.56 Å². The van der Waals surface area contributed by atoms with E-state index in [4.69, 9.17) is 0 Å². The molecule has 0 saturated carbocycles. The Morgan fingerprint density at radius 1 is 1.43 bits per heavy atom. The van der Waals surface area contributed by atoms with Crippen molar-refractivity contribution < 1.29 is 14.1 Å². The molecule has 9 nitrogen and oxygen atoms in total. The number of aromatic nitrogens is 4. The number of amides is 1. The lowest BCUT2D eigenvalue weighted by Gasteiger charge is -2.53. The summed E-state index contributed by atoms with van der Waals surface area (Å²) in [6, 6.07) is 5.63. The Hall–Kier alpha value is -3.56. The van der Waals surface area contributed by atoms with Crippen LogP contribution < -0.4 is 0 Å². The fraction of sp³-hybridized carbons (Fsp3) is 0.278. The Morgan fingerprint density at radius 2 is 2.21 bits per heavy atom. The number of carbonyl (C=O) groups is 1. The first-order chi connectivity index (χ1) is 13.3. The quantitative estimate of drug-likeness (QED) is 0.549. The average molecular weight is 384 g/mol. The third kappa shape index (κ3) is 2.73. The number of H-pyrrole nitrogens is 1. The zero-order chi connectivity index (χ0) is 20.1. The molecule has 144 valence electrons. The van der Waals surface area contributed by atoms with Gasteiger partial charge in [0.2, 0.25) is 0 Å². The Labute approximate surface area is 159 Å². The number of imidazole rings is 1. The fourth-order valence-electron chi connectivity index (χ4n) is 3.70. The number of likely N-dealkylation sites (tertiary alicyclic amines) is 1. The van der Waals surface area contributed by atoms with Gasteiger partial charge in [-0.25, -0.2) is 9.37 Å². The number of nitro groups is 1. The largest absolute Gasteiger partial charge is 0.358 e. The smallest absolute Gasteiger partial charge is 0.355 e. The van der Waals surface area contributed by atoms with Crippen LogP contribution >= 0.6 is 0 Å². The summed E-state index contributed by atoms with van der Waals surface area (Å²) in [4.78, 5) is 29.4. The summed E-state index contributed by atoms with van der Waals surface area (Å²) in [5.41, 5.74) is 0.163. The maximum Gasteiger partial charge on any atom is 0.355 e. The van der Waals surface area contributed by atoms with Crippen LogP contribution in [0.25, 0.3) is 5.69 Å². The highest BCUT2D eigenvalue weighted by Gasteiger charge is 2.52. The molecule has 28 heavy (non-hydrogen) atoms. The highest BCUT2D eigenvalue weighted by molar-refractivity contribution is 5.98. The van der Waals surface area contributed by atoms with Crippen molar-refractivity contribution in [2.75, 3.05) is 6.54 Å². The maximum absolute atomic E-state index is 13.7. The van der Waals surface area contributed by atoms with Gasteiger partial charge in [0, 0.05) is 30.0 Å². The average Bonchev–Trinajstić information content (AvgIpc) is 3.29. The van der Waals surface area contributed by atoms with Crippen molar-refractivity contribution in [2.24, 2.45) is 5.41 Å². The summed E-state index contributed by atoms with van der Waals surface area (Å²) in [5.74, 6) is -0.770. The van der Waals surface area contributed by atoms with Crippen molar-refractivity contribution in [3.05, 3.63) is 70.2 Å². The van der Waals surface area contributed by atoms with Gasteiger partial charge in [-0.1, -0.05) is 25.0 Å². The van der Waals surface area contributed by atoms with Gasteiger partial charge in [-0.05, 0) is 23.1 Å². The minimum Gasteiger partial charge on any atom is -0.358 e. The molecule has 4 rings (SSSR count). The zero-order valence-electron chi connectivity index (χ0n) is 15.2. The topological polar surface area (TPSA) is 110 Å². The van der Waals surface area contributed by atoms with Crippen molar-refractivity contribution >= 4 is 11.7 Å². The second-order valence-corrected chi connectivity index (χ2v) is 7.35. The summed E-state index contributed by atoms with van der Waals surface area (Å²) >= 11 is 0. The van der Waals surface area contributed by atoms with Crippen LogP contribution in [0.1, 0.15) is 36.1 Å². The second kappa shape index (κ2) is 6.25. The lowest BCUT2D eigenvalue weighted by molar-refractivity contribution is -0.389. The summed E-state index contributed by atoms with van der Waals surface area (Å²) in [6.45, 7) is 4.36. The lowest BCUT2D eigenvalue weighted by Crippen LogP contribution is -2.58. The first-order valence-corrected chi connectivity index (χ1v) is 8.57. The highest BCUT2D eigenvalue weighted by atomic mass is 19.1. The highest BCUT2D eigenvalue weighted by Crippen LogP contribution is 2.49. The SMILES string of the molecule is CC1(C)CN(C(=O)c2cn[nH]c2[N+](=O)[O-])C1c1nccn1-c1cccc(F)c1. The van der Waals surface area contributed by atoms with E-state index in [1.54, 1.807) is 29.1 Å².